The number of benzene rings is 1. The molecule has 3 aromatic rings. The Morgan fingerprint density at radius 3 is 2.71 bits per heavy atom. The van der Waals surface area contributed by atoms with E-state index in [1.54, 1.807) is 29.5 Å². The van der Waals surface area contributed by atoms with Gasteiger partial charge in [-0.1, -0.05) is 32.0 Å². The molecule has 3 rings (SSSR count). The topological polar surface area (TPSA) is 88.0 Å². The number of thiophene rings is 1. The molecule has 0 spiro atoms. The molecule has 0 fully saturated rings. The van der Waals surface area contributed by atoms with Gasteiger partial charge in [-0.25, -0.2) is 0 Å². The molecule has 2 N–H and O–H groups in total. The van der Waals surface area contributed by atoms with Gasteiger partial charge in [-0.05, 0) is 23.4 Å². The molecule has 0 aliphatic rings. The van der Waals surface area contributed by atoms with Gasteiger partial charge in [-0.2, -0.15) is 0 Å². The van der Waals surface area contributed by atoms with Gasteiger partial charge in [-0.15, -0.1) is 11.3 Å². The highest BCUT2D eigenvalue weighted by molar-refractivity contribution is 7.10. The summed E-state index contributed by atoms with van der Waals surface area (Å²) in [6, 6.07) is 10.3. The first kappa shape index (κ1) is 16.2. The number of aromatic amines is 1. The molecule has 2 heterocycles. The van der Waals surface area contributed by atoms with Crippen molar-refractivity contribution in [3.63, 3.8) is 0 Å². The molecule has 2 aromatic heterocycles. The number of amides is 1. The predicted molar refractivity (Wildman–Crippen MR) is 94.3 cm³/mol. The highest BCUT2D eigenvalue weighted by Crippen LogP contribution is 2.28. The number of nitro benzene ring substituents is 1. The molecule has 0 aliphatic heterocycles. The van der Waals surface area contributed by atoms with Gasteiger partial charge in [0.2, 0.25) is 0 Å². The summed E-state index contributed by atoms with van der Waals surface area (Å²) in [7, 11) is 0. The summed E-state index contributed by atoms with van der Waals surface area (Å²) < 4.78 is 0. The van der Waals surface area contributed by atoms with Gasteiger partial charge in [0.05, 0.1) is 11.0 Å². The Balaban J connectivity index is 1.91. The number of nitro groups is 1. The second-order valence-electron chi connectivity index (χ2n) is 5.89. The number of nitrogens with zero attached hydrogens (tertiary/aromatic N) is 1. The third kappa shape index (κ3) is 3.03. The lowest BCUT2D eigenvalue weighted by Gasteiger charge is -2.20. The maximum Gasteiger partial charge on any atom is 0.293 e. The van der Waals surface area contributed by atoms with Gasteiger partial charge >= 0.3 is 0 Å². The second-order valence-corrected chi connectivity index (χ2v) is 6.87. The molecular formula is C17H17N3O3S. The van der Waals surface area contributed by atoms with Crippen LogP contribution in [0.5, 0.6) is 0 Å². The monoisotopic (exact) mass is 343 g/mol. The number of para-hydroxylation sites is 1. The highest BCUT2D eigenvalue weighted by atomic mass is 32.1. The van der Waals surface area contributed by atoms with Crippen LogP contribution in [0.3, 0.4) is 0 Å². The predicted octanol–water partition coefficient (Wildman–Crippen LogP) is 4.26. The van der Waals surface area contributed by atoms with Crippen molar-refractivity contribution in [3.05, 3.63) is 62.5 Å². The van der Waals surface area contributed by atoms with E-state index in [-0.39, 0.29) is 23.6 Å². The van der Waals surface area contributed by atoms with E-state index in [2.05, 4.69) is 10.3 Å². The summed E-state index contributed by atoms with van der Waals surface area (Å²) in [5.41, 5.74) is 0.650. The molecule has 0 saturated carbocycles. The van der Waals surface area contributed by atoms with Gasteiger partial charge in [0.15, 0.2) is 0 Å². The van der Waals surface area contributed by atoms with Crippen LogP contribution in [0.15, 0.2) is 41.8 Å². The first-order chi connectivity index (χ1) is 11.5. The molecule has 1 atom stereocenters. The molecule has 0 bridgehead atoms. The van der Waals surface area contributed by atoms with E-state index in [4.69, 9.17) is 0 Å². The van der Waals surface area contributed by atoms with Crippen molar-refractivity contribution in [2.75, 3.05) is 0 Å². The van der Waals surface area contributed by atoms with Crippen molar-refractivity contribution in [1.82, 2.24) is 10.3 Å². The van der Waals surface area contributed by atoms with Crippen LogP contribution < -0.4 is 5.32 Å². The summed E-state index contributed by atoms with van der Waals surface area (Å²) in [5, 5.41) is 16.7. The zero-order chi connectivity index (χ0) is 17.3. The van der Waals surface area contributed by atoms with Crippen LogP contribution in [-0.4, -0.2) is 15.8 Å². The lowest BCUT2D eigenvalue weighted by Crippen LogP contribution is -2.31. The Labute approximate surface area is 142 Å². The van der Waals surface area contributed by atoms with Crippen molar-refractivity contribution in [3.8, 4) is 0 Å². The standard InChI is InChI=1S/C17H17N3O3S/c1-10(2)15(14-7-4-8-24-14)19-17(21)12-9-11-5-3-6-13(20(22)23)16(11)18-12/h3-10,15,18H,1-2H3,(H,19,21)/t15-/m1/s1. The molecule has 0 radical (unpaired) electrons. The Bertz CT molecular complexity index is 884. The number of hydrogen-bond acceptors (Lipinski definition) is 4. The number of H-pyrrole nitrogens is 1. The SMILES string of the molecule is CC(C)[C@@H](NC(=O)c1cc2cccc([N+](=O)[O-])c2[nH]1)c1cccs1. The van der Waals surface area contributed by atoms with E-state index in [0.717, 1.165) is 4.88 Å². The van der Waals surface area contributed by atoms with Crippen LogP contribution in [0.25, 0.3) is 10.9 Å². The number of rotatable bonds is 5. The first-order valence-corrected chi connectivity index (χ1v) is 8.45. The van der Waals surface area contributed by atoms with Crippen molar-refractivity contribution in [2.24, 2.45) is 5.92 Å². The maximum atomic E-state index is 12.6. The molecule has 124 valence electrons. The second kappa shape index (κ2) is 6.45. The fourth-order valence-electron chi connectivity index (χ4n) is 2.67. The minimum atomic E-state index is -0.455. The lowest BCUT2D eigenvalue weighted by molar-refractivity contribution is -0.383. The summed E-state index contributed by atoms with van der Waals surface area (Å²) in [4.78, 5) is 27.2. The third-order valence-corrected chi connectivity index (χ3v) is 4.83. The quantitative estimate of drug-likeness (QED) is 0.536. The van der Waals surface area contributed by atoms with Gasteiger partial charge in [0.25, 0.3) is 11.6 Å². The van der Waals surface area contributed by atoms with E-state index in [0.29, 0.717) is 16.6 Å². The van der Waals surface area contributed by atoms with Gasteiger partial charge in [0.1, 0.15) is 11.2 Å². The average Bonchev–Trinajstić information content (AvgIpc) is 3.20. The fourth-order valence-corrected chi connectivity index (χ4v) is 3.62. The van der Waals surface area contributed by atoms with Crippen LogP contribution in [0.4, 0.5) is 5.69 Å². The van der Waals surface area contributed by atoms with Gasteiger partial charge in [-0.3, -0.25) is 14.9 Å². The average molecular weight is 343 g/mol. The van der Waals surface area contributed by atoms with Crippen molar-refractivity contribution < 1.29 is 9.72 Å². The number of nitrogens with one attached hydrogen (secondary N) is 2. The normalized spacial score (nSPS) is 12.5. The number of non-ortho nitro benzene ring substituents is 1. The number of carbonyl (C=O) groups excluding carboxylic acids is 1. The lowest BCUT2D eigenvalue weighted by atomic mass is 10.0. The van der Waals surface area contributed by atoms with Crippen LogP contribution in [0.1, 0.15) is 35.3 Å². The molecule has 7 heteroatoms. The molecule has 1 aromatic carbocycles. The molecular weight excluding hydrogens is 326 g/mol. The van der Waals surface area contributed by atoms with E-state index in [9.17, 15) is 14.9 Å². The van der Waals surface area contributed by atoms with Gasteiger partial charge in [0, 0.05) is 16.3 Å². The Morgan fingerprint density at radius 2 is 2.08 bits per heavy atom. The molecule has 6 nitrogen and oxygen atoms in total. The highest BCUT2D eigenvalue weighted by Gasteiger charge is 2.22. The zero-order valence-corrected chi connectivity index (χ0v) is 14.1. The van der Waals surface area contributed by atoms with Crippen molar-refractivity contribution in [1.29, 1.82) is 0 Å². The maximum absolute atomic E-state index is 12.6. The largest absolute Gasteiger partial charge is 0.345 e. The van der Waals surface area contributed by atoms with Crippen molar-refractivity contribution in [2.45, 2.75) is 19.9 Å². The van der Waals surface area contributed by atoms with E-state index in [1.165, 1.54) is 6.07 Å². The summed E-state index contributed by atoms with van der Waals surface area (Å²) in [5.74, 6) is -0.0427. The van der Waals surface area contributed by atoms with Crippen LogP contribution in [-0.2, 0) is 0 Å². The number of fused-ring (bicyclic) bond motifs is 1. The molecule has 0 aliphatic carbocycles. The van der Waals surface area contributed by atoms with Gasteiger partial charge < -0.3 is 10.3 Å². The Hall–Kier alpha value is -2.67. The summed E-state index contributed by atoms with van der Waals surface area (Å²) >= 11 is 1.59. The summed E-state index contributed by atoms with van der Waals surface area (Å²) in [6.07, 6.45) is 0. The minimum Gasteiger partial charge on any atom is -0.345 e. The Kier molecular flexibility index (Phi) is 4.35. The van der Waals surface area contributed by atoms with Crippen molar-refractivity contribution >= 4 is 33.8 Å². The Morgan fingerprint density at radius 1 is 1.29 bits per heavy atom. The fraction of sp³-hybridized carbons (Fsp3) is 0.235. The zero-order valence-electron chi connectivity index (χ0n) is 13.3. The smallest absolute Gasteiger partial charge is 0.293 e. The number of carbonyl (C=O) groups is 1. The van der Waals surface area contributed by atoms with Crippen LogP contribution in [0, 0.1) is 16.0 Å². The number of aromatic nitrogens is 1. The molecule has 24 heavy (non-hydrogen) atoms. The van der Waals surface area contributed by atoms with E-state index >= 15 is 0 Å². The summed E-state index contributed by atoms with van der Waals surface area (Å²) in [6.45, 7) is 4.08. The van der Waals surface area contributed by atoms with Crippen LogP contribution >= 0.6 is 11.3 Å². The third-order valence-electron chi connectivity index (χ3n) is 3.88. The van der Waals surface area contributed by atoms with E-state index < -0.39 is 4.92 Å². The molecule has 1 amide bonds. The molecule has 0 saturated heterocycles. The molecule has 0 unspecified atom stereocenters. The minimum absolute atomic E-state index is 0.0368. The van der Waals surface area contributed by atoms with Crippen LogP contribution in [0.2, 0.25) is 0 Å². The van der Waals surface area contributed by atoms with E-state index in [1.807, 2.05) is 31.4 Å². The number of hydrogen-bond donors (Lipinski definition) is 2. The first-order valence-electron chi connectivity index (χ1n) is 7.57.